The summed E-state index contributed by atoms with van der Waals surface area (Å²) in [5.74, 6) is -0.681. The fourth-order valence-corrected chi connectivity index (χ4v) is 3.67. The molecule has 0 aromatic heterocycles. The maximum Gasteiger partial charge on any atom is 0.303 e. The number of carbonyl (C=O) groups excluding carboxylic acids is 1. The minimum absolute atomic E-state index is 0.311. The third kappa shape index (κ3) is 39.8. The Morgan fingerprint density at radius 1 is 0.486 bits per heavy atom. The topological polar surface area (TPSA) is 54.4 Å². The number of carboxylic acids is 1. The van der Waals surface area contributed by atoms with Crippen LogP contribution in [0, 0.1) is 0 Å². The van der Waals surface area contributed by atoms with Gasteiger partial charge in [0.1, 0.15) is 6.29 Å². The predicted molar refractivity (Wildman–Crippen MR) is 154 cm³/mol. The first kappa shape index (κ1) is 35.5. The van der Waals surface area contributed by atoms with Crippen molar-refractivity contribution in [3.8, 4) is 0 Å². The number of unbranched alkanes of at least 4 members (excludes halogenated alkanes) is 16. The van der Waals surface area contributed by atoms with Crippen molar-refractivity contribution in [1.82, 2.24) is 0 Å². The Bertz CT molecular complexity index is 505. The van der Waals surface area contributed by atoms with Crippen molar-refractivity contribution >= 4 is 12.3 Å². The van der Waals surface area contributed by atoms with Gasteiger partial charge in [-0.2, -0.15) is 0 Å². The van der Waals surface area contributed by atoms with E-state index in [2.05, 4.69) is 50.3 Å². The molecule has 204 valence electrons. The second-order valence-corrected chi connectivity index (χ2v) is 9.49. The first-order valence-corrected chi connectivity index (χ1v) is 14.8. The molecular formula is C32H58O3. The molecule has 0 bridgehead atoms. The van der Waals surface area contributed by atoms with E-state index < -0.39 is 5.97 Å². The van der Waals surface area contributed by atoms with E-state index >= 15 is 0 Å². The molecule has 0 aliphatic carbocycles. The van der Waals surface area contributed by atoms with E-state index in [1.807, 2.05) is 0 Å². The van der Waals surface area contributed by atoms with Crippen molar-refractivity contribution in [3.63, 3.8) is 0 Å². The quantitative estimate of drug-likeness (QED) is 0.0786. The van der Waals surface area contributed by atoms with Crippen LogP contribution in [0.15, 0.2) is 36.5 Å². The van der Waals surface area contributed by atoms with Crippen molar-refractivity contribution in [2.24, 2.45) is 0 Å². The van der Waals surface area contributed by atoms with Gasteiger partial charge in [-0.25, -0.2) is 0 Å². The highest BCUT2D eigenvalue weighted by molar-refractivity contribution is 5.66. The predicted octanol–water partition coefficient (Wildman–Crippen LogP) is 10.5. The monoisotopic (exact) mass is 490 g/mol. The van der Waals surface area contributed by atoms with Gasteiger partial charge >= 0.3 is 5.97 Å². The van der Waals surface area contributed by atoms with Crippen LogP contribution in [0.2, 0.25) is 0 Å². The summed E-state index contributed by atoms with van der Waals surface area (Å²) in [6, 6.07) is 0. The van der Waals surface area contributed by atoms with Gasteiger partial charge in [-0.1, -0.05) is 108 Å². The molecule has 0 amide bonds. The zero-order valence-corrected chi connectivity index (χ0v) is 23.4. The number of rotatable bonds is 25. The van der Waals surface area contributed by atoms with Crippen molar-refractivity contribution in [1.29, 1.82) is 0 Å². The van der Waals surface area contributed by atoms with Gasteiger partial charge < -0.3 is 9.90 Å². The van der Waals surface area contributed by atoms with Gasteiger partial charge in [-0.15, -0.1) is 0 Å². The normalized spacial score (nSPS) is 11.4. The SMILES string of the molecule is CCC/C=C/CC/C=C\CCCCCC(=O)O.CCCCCCC/C=C\CCCCCCCC=O. The second kappa shape index (κ2) is 34.5. The number of hydrogen-bond donors (Lipinski definition) is 1. The highest BCUT2D eigenvalue weighted by Crippen LogP contribution is 2.09. The van der Waals surface area contributed by atoms with Gasteiger partial charge in [0.25, 0.3) is 0 Å². The lowest BCUT2D eigenvalue weighted by molar-refractivity contribution is -0.137. The highest BCUT2D eigenvalue weighted by Gasteiger charge is 1.95. The smallest absolute Gasteiger partial charge is 0.303 e. The van der Waals surface area contributed by atoms with E-state index in [1.54, 1.807) is 0 Å². The van der Waals surface area contributed by atoms with E-state index in [1.165, 1.54) is 83.5 Å². The minimum atomic E-state index is -0.681. The Morgan fingerprint density at radius 3 is 1.34 bits per heavy atom. The number of carbonyl (C=O) groups is 2. The molecule has 1 N–H and O–H groups in total. The van der Waals surface area contributed by atoms with Crippen LogP contribution < -0.4 is 0 Å². The van der Waals surface area contributed by atoms with Crippen LogP contribution in [0.1, 0.15) is 155 Å². The summed E-state index contributed by atoms with van der Waals surface area (Å²) in [5.41, 5.74) is 0. The first-order chi connectivity index (χ1) is 17.2. The lowest BCUT2D eigenvalue weighted by Crippen LogP contribution is -1.93. The zero-order valence-electron chi connectivity index (χ0n) is 23.4. The number of aliphatic carboxylic acids is 1. The summed E-state index contributed by atoms with van der Waals surface area (Å²) >= 11 is 0. The van der Waals surface area contributed by atoms with Crippen molar-refractivity contribution in [2.75, 3.05) is 0 Å². The Morgan fingerprint density at radius 2 is 0.886 bits per heavy atom. The van der Waals surface area contributed by atoms with E-state index in [4.69, 9.17) is 5.11 Å². The molecule has 0 saturated carbocycles. The molecule has 3 nitrogen and oxygen atoms in total. The summed E-state index contributed by atoms with van der Waals surface area (Å²) in [6.45, 7) is 4.45. The summed E-state index contributed by atoms with van der Waals surface area (Å²) in [4.78, 5) is 20.4. The standard InChI is InChI=1S/C17H32O.C15H26O2/c1-2-3-4-5-6-7-8-9-10-11-12-13-14-15-16-17-18;1-2-3-4-5-6-7-8-9-10-11-12-13-14-15(16)17/h8-9,17H,2-7,10-16H2,1H3;4-5,8-9H,2-3,6-7,10-14H2,1H3,(H,16,17)/b9-8-;5-4+,9-8-. The molecule has 0 unspecified atom stereocenters. The molecule has 3 heteroatoms. The average molecular weight is 491 g/mol. The maximum absolute atomic E-state index is 10.3. The average Bonchev–Trinajstić information content (AvgIpc) is 2.85. The Kier molecular flexibility index (Phi) is 35.0. The molecule has 0 atom stereocenters. The summed E-state index contributed by atoms with van der Waals surface area (Å²) in [6.07, 6.45) is 40.1. The number of allylic oxidation sites excluding steroid dienone is 6. The van der Waals surface area contributed by atoms with Gasteiger partial charge in [0, 0.05) is 12.8 Å². The van der Waals surface area contributed by atoms with Gasteiger partial charge in [-0.3, -0.25) is 4.79 Å². The lowest BCUT2D eigenvalue weighted by atomic mass is 10.1. The van der Waals surface area contributed by atoms with Crippen LogP contribution in [0.5, 0.6) is 0 Å². The molecule has 0 radical (unpaired) electrons. The molecule has 0 heterocycles. The Labute approximate surface area is 218 Å². The molecule has 0 aromatic rings. The van der Waals surface area contributed by atoms with Gasteiger partial charge in [0.05, 0.1) is 0 Å². The van der Waals surface area contributed by atoms with E-state index in [-0.39, 0.29) is 0 Å². The second-order valence-electron chi connectivity index (χ2n) is 9.49. The van der Waals surface area contributed by atoms with Crippen LogP contribution in [0.4, 0.5) is 0 Å². The van der Waals surface area contributed by atoms with Crippen molar-refractivity contribution < 1.29 is 14.7 Å². The minimum Gasteiger partial charge on any atom is -0.481 e. The Balaban J connectivity index is 0. The van der Waals surface area contributed by atoms with Gasteiger partial charge in [-0.05, 0) is 70.6 Å². The molecule has 0 fully saturated rings. The highest BCUT2D eigenvalue weighted by atomic mass is 16.4. The number of carboxylic acid groups (broad SMARTS) is 1. The van der Waals surface area contributed by atoms with Gasteiger partial charge in [0.15, 0.2) is 0 Å². The van der Waals surface area contributed by atoms with Crippen molar-refractivity contribution in [3.05, 3.63) is 36.5 Å². The first-order valence-electron chi connectivity index (χ1n) is 14.8. The van der Waals surface area contributed by atoms with E-state index in [0.29, 0.717) is 6.42 Å². The van der Waals surface area contributed by atoms with Crippen LogP contribution in [0.25, 0.3) is 0 Å². The third-order valence-electron chi connectivity index (χ3n) is 5.88. The van der Waals surface area contributed by atoms with E-state index in [0.717, 1.165) is 57.7 Å². The Hall–Kier alpha value is -1.64. The largest absolute Gasteiger partial charge is 0.481 e. The molecule has 0 aliphatic rings. The lowest BCUT2D eigenvalue weighted by Gasteiger charge is -1.98. The van der Waals surface area contributed by atoms with Crippen LogP contribution in [0.3, 0.4) is 0 Å². The molecular weight excluding hydrogens is 432 g/mol. The van der Waals surface area contributed by atoms with Gasteiger partial charge in [0.2, 0.25) is 0 Å². The zero-order chi connectivity index (χ0) is 26.1. The third-order valence-corrected chi connectivity index (χ3v) is 5.88. The summed E-state index contributed by atoms with van der Waals surface area (Å²) in [5, 5.41) is 8.45. The fraction of sp³-hybridized carbons (Fsp3) is 0.750. The number of aldehydes is 1. The molecule has 0 aliphatic heterocycles. The van der Waals surface area contributed by atoms with Crippen LogP contribution in [-0.4, -0.2) is 17.4 Å². The molecule has 0 spiro atoms. The van der Waals surface area contributed by atoms with Crippen LogP contribution in [-0.2, 0) is 9.59 Å². The molecule has 0 saturated heterocycles. The van der Waals surface area contributed by atoms with Crippen LogP contribution >= 0.6 is 0 Å². The van der Waals surface area contributed by atoms with E-state index in [9.17, 15) is 9.59 Å². The maximum atomic E-state index is 10.3. The molecule has 35 heavy (non-hydrogen) atoms. The summed E-state index contributed by atoms with van der Waals surface area (Å²) < 4.78 is 0. The molecule has 0 aromatic carbocycles. The summed E-state index contributed by atoms with van der Waals surface area (Å²) in [7, 11) is 0. The fourth-order valence-electron chi connectivity index (χ4n) is 3.67. The van der Waals surface area contributed by atoms with Crippen molar-refractivity contribution in [2.45, 2.75) is 155 Å². The number of hydrogen-bond acceptors (Lipinski definition) is 2. The molecule has 0 rings (SSSR count).